The summed E-state index contributed by atoms with van der Waals surface area (Å²) >= 11 is 5.88. The second-order valence-corrected chi connectivity index (χ2v) is 8.54. The fourth-order valence-corrected chi connectivity index (χ4v) is 3.36. The number of benzene rings is 2. The number of carbonyl (C=O) groups excluding carboxylic acids is 2. The summed E-state index contributed by atoms with van der Waals surface area (Å²) in [5.74, 6) is -0.741. The fourth-order valence-electron chi connectivity index (χ4n) is 3.23. The molecule has 0 saturated carbocycles. The Hall–Kier alpha value is -3.39. The normalized spacial score (nSPS) is 11.3. The lowest BCUT2D eigenvalue weighted by Gasteiger charge is -2.25. The van der Waals surface area contributed by atoms with Gasteiger partial charge in [0.1, 0.15) is 5.75 Å². The van der Waals surface area contributed by atoms with Gasteiger partial charge in [-0.25, -0.2) is 4.68 Å². The van der Waals surface area contributed by atoms with Crippen LogP contribution in [0.15, 0.2) is 53.3 Å². The van der Waals surface area contributed by atoms with Crippen LogP contribution in [-0.4, -0.2) is 27.2 Å². The smallest absolute Gasteiger partial charge is 0.290 e. The molecule has 2 aromatic carbocycles. The van der Waals surface area contributed by atoms with E-state index in [1.807, 2.05) is 0 Å². The van der Waals surface area contributed by atoms with Gasteiger partial charge in [0, 0.05) is 17.0 Å². The van der Waals surface area contributed by atoms with E-state index in [0.29, 0.717) is 28.1 Å². The highest BCUT2D eigenvalue weighted by Gasteiger charge is 2.31. The highest BCUT2D eigenvalue weighted by atomic mass is 35.5. The van der Waals surface area contributed by atoms with E-state index in [1.54, 1.807) is 62.4 Å². The second kappa shape index (κ2) is 10.5. The van der Waals surface area contributed by atoms with E-state index in [2.05, 4.69) is 22.9 Å². The number of amides is 2. The van der Waals surface area contributed by atoms with Crippen molar-refractivity contribution < 1.29 is 14.3 Å². The average molecular weight is 471 g/mol. The Balaban J connectivity index is 1.77. The van der Waals surface area contributed by atoms with Crippen LogP contribution < -0.4 is 21.1 Å². The van der Waals surface area contributed by atoms with Crippen molar-refractivity contribution >= 4 is 34.2 Å². The third kappa shape index (κ3) is 5.90. The maximum Gasteiger partial charge on any atom is 0.290 e. The van der Waals surface area contributed by atoms with Gasteiger partial charge in [0.2, 0.25) is 0 Å². The minimum absolute atomic E-state index is 0.0541. The predicted octanol–water partition coefficient (Wildman–Crippen LogP) is 3.86. The molecular weight excluding hydrogens is 444 g/mol. The summed E-state index contributed by atoms with van der Waals surface area (Å²) in [7, 11) is 0. The minimum Gasteiger partial charge on any atom is -0.478 e. The Labute approximate surface area is 196 Å². The Morgan fingerprint density at radius 3 is 2.36 bits per heavy atom. The fraction of sp³-hybridized carbons (Fsp3) is 0.333. The summed E-state index contributed by atoms with van der Waals surface area (Å²) in [6.45, 7) is 5.62. The zero-order valence-corrected chi connectivity index (χ0v) is 19.6. The molecule has 0 aliphatic carbocycles. The summed E-state index contributed by atoms with van der Waals surface area (Å²) in [6.07, 6.45) is 2.71. The molecule has 9 heteroatoms. The van der Waals surface area contributed by atoms with Crippen molar-refractivity contribution in [2.75, 3.05) is 0 Å². The lowest BCUT2D eigenvalue weighted by atomic mass is 10.1. The molecule has 3 rings (SSSR count). The molecule has 0 unspecified atom stereocenters. The molecule has 0 radical (unpaired) electrons. The molecule has 2 N–H and O–H groups in total. The van der Waals surface area contributed by atoms with Crippen molar-refractivity contribution in [3.8, 4) is 5.75 Å². The maximum atomic E-state index is 12.9. The molecule has 0 fully saturated rings. The van der Waals surface area contributed by atoms with Crippen LogP contribution >= 0.6 is 11.6 Å². The summed E-state index contributed by atoms with van der Waals surface area (Å²) in [4.78, 5) is 38.4. The lowest BCUT2D eigenvalue weighted by molar-refractivity contribution is -0.135. The number of hydrazine groups is 1. The SMILES string of the molecule is CCCCCn1nc(C(=O)NNC(=O)C(C)(C)Oc2ccc(Cl)cc2)c2ccccc2c1=O. The zero-order chi connectivity index (χ0) is 24.0. The van der Waals surface area contributed by atoms with Crippen LogP contribution in [0.5, 0.6) is 5.75 Å². The first-order valence-corrected chi connectivity index (χ1v) is 11.2. The second-order valence-electron chi connectivity index (χ2n) is 8.10. The standard InChI is InChI=1S/C24H27ClN4O4/c1-4-5-8-15-29-22(31)19-10-7-6-9-18(19)20(28-29)21(30)26-27-23(32)24(2,3)33-17-13-11-16(25)12-14-17/h6-7,9-14H,4-5,8,15H2,1-3H3,(H,26,30)(H,27,32). The summed E-state index contributed by atoms with van der Waals surface area (Å²) in [6, 6.07) is 13.4. The maximum absolute atomic E-state index is 12.9. The number of unbranched alkanes of at least 4 members (excludes halogenated alkanes) is 2. The number of ether oxygens (including phenoxy) is 1. The number of hydrogen-bond acceptors (Lipinski definition) is 5. The van der Waals surface area contributed by atoms with Crippen molar-refractivity contribution in [3.63, 3.8) is 0 Å². The van der Waals surface area contributed by atoms with Crippen molar-refractivity contribution in [1.82, 2.24) is 20.6 Å². The van der Waals surface area contributed by atoms with Crippen molar-refractivity contribution in [3.05, 3.63) is 69.6 Å². The van der Waals surface area contributed by atoms with Gasteiger partial charge in [-0.2, -0.15) is 5.10 Å². The molecular formula is C24H27ClN4O4. The van der Waals surface area contributed by atoms with Crippen LogP contribution in [0.4, 0.5) is 0 Å². The van der Waals surface area contributed by atoms with E-state index in [1.165, 1.54) is 4.68 Å². The average Bonchev–Trinajstić information content (AvgIpc) is 2.80. The van der Waals surface area contributed by atoms with Crippen LogP contribution in [0.1, 0.15) is 50.5 Å². The first-order valence-electron chi connectivity index (χ1n) is 10.8. The molecule has 1 aromatic heterocycles. The molecule has 174 valence electrons. The van der Waals surface area contributed by atoms with E-state index in [-0.39, 0.29) is 11.3 Å². The van der Waals surface area contributed by atoms with Gasteiger partial charge >= 0.3 is 0 Å². The monoisotopic (exact) mass is 470 g/mol. The minimum atomic E-state index is -1.28. The molecule has 8 nitrogen and oxygen atoms in total. The number of carbonyl (C=O) groups is 2. The Kier molecular flexibility index (Phi) is 7.71. The molecule has 0 atom stereocenters. The topological polar surface area (TPSA) is 102 Å². The molecule has 1 heterocycles. The number of aromatic nitrogens is 2. The number of halogens is 1. The van der Waals surface area contributed by atoms with E-state index >= 15 is 0 Å². The molecule has 33 heavy (non-hydrogen) atoms. The van der Waals surface area contributed by atoms with E-state index < -0.39 is 17.4 Å². The predicted molar refractivity (Wildman–Crippen MR) is 127 cm³/mol. The highest BCUT2D eigenvalue weighted by molar-refractivity contribution is 6.30. The van der Waals surface area contributed by atoms with Crippen molar-refractivity contribution in [1.29, 1.82) is 0 Å². The summed E-state index contributed by atoms with van der Waals surface area (Å²) in [5, 5.41) is 5.64. The molecule has 0 spiro atoms. The van der Waals surface area contributed by atoms with Crippen LogP contribution in [0.25, 0.3) is 10.8 Å². The van der Waals surface area contributed by atoms with Gasteiger partial charge in [-0.1, -0.05) is 49.6 Å². The Morgan fingerprint density at radius 2 is 1.70 bits per heavy atom. The molecule has 2 amide bonds. The Bertz CT molecular complexity index is 1210. The molecule has 0 bridgehead atoms. The van der Waals surface area contributed by atoms with E-state index in [0.717, 1.165) is 19.3 Å². The van der Waals surface area contributed by atoms with Crippen LogP contribution in [0.2, 0.25) is 5.02 Å². The molecule has 0 saturated heterocycles. The van der Waals surface area contributed by atoms with Gasteiger partial charge in [-0.3, -0.25) is 25.2 Å². The third-order valence-corrected chi connectivity index (χ3v) is 5.33. The van der Waals surface area contributed by atoms with Gasteiger partial charge in [-0.15, -0.1) is 0 Å². The van der Waals surface area contributed by atoms with Crippen molar-refractivity contribution in [2.45, 2.75) is 52.2 Å². The van der Waals surface area contributed by atoms with E-state index in [4.69, 9.17) is 16.3 Å². The summed E-state index contributed by atoms with van der Waals surface area (Å²) in [5.41, 5.74) is 3.30. The number of hydrogen-bond donors (Lipinski definition) is 2. The van der Waals surface area contributed by atoms with Crippen LogP contribution in [-0.2, 0) is 11.3 Å². The van der Waals surface area contributed by atoms with Crippen molar-refractivity contribution in [2.24, 2.45) is 0 Å². The lowest BCUT2D eigenvalue weighted by Crippen LogP contribution is -2.53. The van der Waals surface area contributed by atoms with Gasteiger partial charge in [0.05, 0.1) is 5.39 Å². The first-order chi connectivity index (χ1) is 15.7. The first kappa shape index (κ1) is 24.3. The van der Waals surface area contributed by atoms with Gasteiger partial charge in [-0.05, 0) is 50.6 Å². The number of nitrogens with one attached hydrogen (secondary N) is 2. The molecule has 3 aromatic rings. The third-order valence-electron chi connectivity index (χ3n) is 5.08. The number of fused-ring (bicyclic) bond motifs is 1. The summed E-state index contributed by atoms with van der Waals surface area (Å²) < 4.78 is 7.04. The quantitative estimate of drug-likeness (QED) is 0.384. The molecule has 0 aliphatic heterocycles. The van der Waals surface area contributed by atoms with E-state index in [9.17, 15) is 14.4 Å². The molecule has 0 aliphatic rings. The van der Waals surface area contributed by atoms with Crippen LogP contribution in [0, 0.1) is 0 Å². The number of aryl methyl sites for hydroxylation is 1. The highest BCUT2D eigenvalue weighted by Crippen LogP contribution is 2.21. The van der Waals surface area contributed by atoms with Gasteiger partial charge < -0.3 is 4.74 Å². The number of rotatable bonds is 8. The number of nitrogens with zero attached hydrogens (tertiary/aromatic N) is 2. The Morgan fingerprint density at radius 1 is 1.03 bits per heavy atom. The zero-order valence-electron chi connectivity index (χ0n) is 18.9. The van der Waals surface area contributed by atoms with Gasteiger partial charge in [0.15, 0.2) is 11.3 Å². The largest absolute Gasteiger partial charge is 0.478 e. The van der Waals surface area contributed by atoms with Crippen LogP contribution in [0.3, 0.4) is 0 Å². The van der Waals surface area contributed by atoms with Gasteiger partial charge in [0.25, 0.3) is 17.4 Å².